The van der Waals surface area contributed by atoms with Crippen LogP contribution in [0.3, 0.4) is 0 Å². The third-order valence-electron chi connectivity index (χ3n) is 17.4. The maximum atomic E-state index is 17.2. The molecular formula is C55H64F4N10O4. The Morgan fingerprint density at radius 2 is 1.47 bits per heavy atom. The fraction of sp³-hybridized carbons (Fsp3) is 0.545. The normalized spacial score (nSPS) is 24.5. The lowest BCUT2D eigenvalue weighted by molar-refractivity contribution is -0.134. The van der Waals surface area contributed by atoms with Crippen LogP contribution >= 0.6 is 0 Å². The van der Waals surface area contributed by atoms with E-state index in [9.17, 15) is 14.7 Å². The maximum Gasteiger partial charge on any atom is 0.319 e. The number of amides is 2. The average molecular weight is 1010 g/mol. The number of likely N-dealkylation sites (tertiary alicyclic amines) is 1. The first kappa shape index (κ1) is 48.3. The zero-order valence-corrected chi connectivity index (χ0v) is 41.5. The van der Waals surface area contributed by atoms with E-state index in [1.54, 1.807) is 18.3 Å². The van der Waals surface area contributed by atoms with Gasteiger partial charge in [-0.2, -0.15) is 9.97 Å². The molecule has 3 atom stereocenters. The number of piperazine rings is 2. The lowest BCUT2D eigenvalue weighted by Crippen LogP contribution is -2.55. The van der Waals surface area contributed by atoms with Gasteiger partial charge < -0.3 is 34.8 Å². The molecule has 8 heterocycles. The Kier molecular flexibility index (Phi) is 12.9. The highest BCUT2D eigenvalue weighted by atomic mass is 19.1. The van der Waals surface area contributed by atoms with Crippen LogP contribution in [0.4, 0.5) is 29.1 Å². The summed E-state index contributed by atoms with van der Waals surface area (Å²) in [7, 11) is 0. The average Bonchev–Trinajstić information content (AvgIpc) is 4.08. The van der Waals surface area contributed by atoms with E-state index in [1.807, 2.05) is 11.8 Å². The molecule has 1 aliphatic carbocycles. The van der Waals surface area contributed by atoms with E-state index in [2.05, 4.69) is 35.2 Å². The molecule has 1 saturated carbocycles. The van der Waals surface area contributed by atoms with E-state index in [4.69, 9.17) is 14.7 Å². The summed E-state index contributed by atoms with van der Waals surface area (Å²) >= 11 is 0. The molecule has 73 heavy (non-hydrogen) atoms. The first-order chi connectivity index (χ1) is 35.4. The van der Waals surface area contributed by atoms with Crippen LogP contribution in [0.2, 0.25) is 0 Å². The number of hydrogen-bond donors (Lipinski definition) is 3. The Morgan fingerprint density at radius 1 is 0.781 bits per heavy atom. The number of halogens is 4. The Hall–Kier alpha value is -5.69. The Bertz CT molecular complexity index is 2920. The molecule has 7 fully saturated rings. The number of rotatable bonds is 12. The zero-order valence-electron chi connectivity index (χ0n) is 41.5. The van der Waals surface area contributed by atoms with E-state index >= 15 is 17.6 Å². The molecule has 7 aliphatic rings. The Balaban J connectivity index is 0.664. The van der Waals surface area contributed by atoms with Gasteiger partial charge >= 0.3 is 6.01 Å². The van der Waals surface area contributed by atoms with Crippen LogP contribution in [0.15, 0.2) is 42.6 Å². The largest absolute Gasteiger partial charge is 0.508 e. The number of ether oxygens (including phenoxy) is 1. The van der Waals surface area contributed by atoms with Crippen LogP contribution in [0.5, 0.6) is 11.8 Å². The molecule has 3 unspecified atom stereocenters. The predicted octanol–water partition coefficient (Wildman–Crippen LogP) is 7.04. The number of aryl methyl sites for hydroxylation is 1. The monoisotopic (exact) mass is 1000 g/mol. The summed E-state index contributed by atoms with van der Waals surface area (Å²) in [4.78, 5) is 50.4. The minimum atomic E-state index is -1.01. The number of carbonyl (C=O) groups is 2. The minimum absolute atomic E-state index is 0.0149. The zero-order chi connectivity index (χ0) is 50.1. The number of aromatic nitrogens is 3. The quantitative estimate of drug-likeness (QED) is 0.0870. The topological polar surface area (TPSA) is 143 Å². The van der Waals surface area contributed by atoms with Crippen molar-refractivity contribution in [3.05, 3.63) is 77.0 Å². The third kappa shape index (κ3) is 9.45. The Labute approximate surface area is 422 Å². The number of hydrogen-bond acceptors (Lipinski definition) is 13. The molecule has 6 saturated heterocycles. The lowest BCUT2D eigenvalue weighted by atomic mass is 9.89. The molecule has 0 radical (unpaired) electrons. The van der Waals surface area contributed by atoms with Gasteiger partial charge in [0.25, 0.3) is 0 Å². The molecule has 3 aromatic carbocycles. The van der Waals surface area contributed by atoms with Crippen LogP contribution < -0.4 is 25.2 Å². The molecule has 0 spiro atoms. The van der Waals surface area contributed by atoms with Crippen molar-refractivity contribution in [2.45, 2.75) is 108 Å². The number of piperidine rings is 3. The van der Waals surface area contributed by atoms with E-state index in [0.717, 1.165) is 110 Å². The van der Waals surface area contributed by atoms with Crippen LogP contribution in [0.25, 0.3) is 32.9 Å². The third-order valence-corrected chi connectivity index (χ3v) is 17.4. The number of fused-ring (bicyclic) bond motifs is 4. The van der Waals surface area contributed by atoms with Crippen LogP contribution in [-0.4, -0.2) is 149 Å². The fourth-order valence-electron chi connectivity index (χ4n) is 13.2. The van der Waals surface area contributed by atoms with Gasteiger partial charge in [0.2, 0.25) is 11.8 Å². The van der Waals surface area contributed by atoms with Gasteiger partial charge in [0, 0.05) is 118 Å². The Morgan fingerprint density at radius 3 is 2.14 bits per heavy atom. The van der Waals surface area contributed by atoms with Crippen molar-refractivity contribution in [1.82, 2.24) is 40.3 Å². The summed E-state index contributed by atoms with van der Waals surface area (Å²) in [6, 6.07) is 10.4. The number of nitrogens with zero attached hydrogens (tertiary/aromatic N) is 8. The second kappa shape index (κ2) is 19.5. The van der Waals surface area contributed by atoms with Crippen molar-refractivity contribution in [2.24, 2.45) is 5.41 Å². The van der Waals surface area contributed by atoms with E-state index in [-0.39, 0.29) is 46.8 Å². The first-order valence-electron chi connectivity index (χ1n) is 26.6. The van der Waals surface area contributed by atoms with Gasteiger partial charge in [0.15, 0.2) is 5.82 Å². The SMILES string of the molecule is CCc1c(F)ccc2cc(O)cc(-c3ncc4c(N5CC6CCC(C5)N6)nc(OCC5(CN6CCN(C7CCN(C8CCN(c9cc(F)c(C%10CCC(=O)NC%10=O)c(F)c9)CC8)CC7)CC6)CC5)nc4c3F)c12. The fourth-order valence-corrected chi connectivity index (χ4v) is 13.2. The van der Waals surface area contributed by atoms with Gasteiger partial charge in [-0.1, -0.05) is 13.0 Å². The number of phenols is 1. The lowest BCUT2D eigenvalue weighted by Gasteiger charge is -2.46. The van der Waals surface area contributed by atoms with Gasteiger partial charge in [-0.05, 0) is 124 Å². The number of carbonyl (C=O) groups excluding carboxylic acids is 2. The standard InChI is InChI=1S/C55H64F4N10O4/c1-2-39-43(56)7-3-32-23-38(70)26-41(47(32)39)50-49(59)51-42(27-60-50)52(69-28-33-4-5-34(29-69)61-33)64-54(63-51)73-31-55(13-14-55)30-65-19-21-68(22-20-65)36-9-15-66(16-10-36)35-11-17-67(18-12-35)37-24-44(57)48(45(58)25-37)40-6-8-46(71)62-53(40)72/h3,7,23-27,33-36,40,61,70H,2,4-6,8-22,28-31H2,1H3,(H,62,71,72). The van der Waals surface area contributed by atoms with Crippen LogP contribution in [0, 0.1) is 28.7 Å². The minimum Gasteiger partial charge on any atom is -0.508 e. The van der Waals surface area contributed by atoms with Crippen molar-refractivity contribution in [3.8, 4) is 23.0 Å². The van der Waals surface area contributed by atoms with Crippen molar-refractivity contribution >= 4 is 45.0 Å². The summed E-state index contributed by atoms with van der Waals surface area (Å²) in [5.74, 6) is -4.09. The smallest absolute Gasteiger partial charge is 0.319 e. The molecule has 2 amide bonds. The highest BCUT2D eigenvalue weighted by molar-refractivity contribution is 6.02. The van der Waals surface area contributed by atoms with E-state index in [1.165, 1.54) is 24.3 Å². The molecule has 14 nitrogen and oxygen atoms in total. The van der Waals surface area contributed by atoms with Gasteiger partial charge in [-0.3, -0.25) is 24.8 Å². The molecule has 5 aromatic rings. The predicted molar refractivity (Wildman–Crippen MR) is 270 cm³/mol. The summed E-state index contributed by atoms with van der Waals surface area (Å²) in [5, 5.41) is 18.2. The molecule has 2 aromatic heterocycles. The summed E-state index contributed by atoms with van der Waals surface area (Å²) in [6.45, 7) is 12.1. The molecule has 386 valence electrons. The first-order valence-corrected chi connectivity index (χ1v) is 26.6. The number of nitrogens with one attached hydrogen (secondary N) is 2. The van der Waals surface area contributed by atoms with Gasteiger partial charge in [-0.25, -0.2) is 17.6 Å². The van der Waals surface area contributed by atoms with Gasteiger partial charge in [-0.15, -0.1) is 0 Å². The molecule has 3 N–H and O–H groups in total. The molecule has 12 rings (SSSR count). The molecular weight excluding hydrogens is 941 g/mol. The van der Waals surface area contributed by atoms with Crippen LogP contribution in [0.1, 0.15) is 88.2 Å². The van der Waals surface area contributed by atoms with Crippen molar-refractivity contribution in [3.63, 3.8) is 0 Å². The molecule has 6 aliphatic heterocycles. The number of phenolic OH excluding ortho intramolecular Hbond substituents is 1. The summed E-state index contributed by atoms with van der Waals surface area (Å²) in [6.07, 6.45) is 10.4. The van der Waals surface area contributed by atoms with Crippen molar-refractivity contribution < 1.29 is 37.0 Å². The number of anilines is 2. The van der Waals surface area contributed by atoms with Crippen molar-refractivity contribution in [2.75, 3.05) is 88.4 Å². The molecule has 18 heteroatoms. The van der Waals surface area contributed by atoms with E-state index < -0.39 is 41.0 Å². The highest BCUT2D eigenvalue weighted by Gasteiger charge is 2.46. The van der Waals surface area contributed by atoms with Crippen molar-refractivity contribution in [1.29, 1.82) is 0 Å². The summed E-state index contributed by atoms with van der Waals surface area (Å²) in [5.41, 5.74) is 0.996. The number of pyridine rings is 1. The number of aromatic hydroxyl groups is 1. The maximum absolute atomic E-state index is 17.2. The number of imide groups is 1. The highest BCUT2D eigenvalue weighted by Crippen LogP contribution is 2.47. The molecule has 2 bridgehead atoms. The van der Waals surface area contributed by atoms with Gasteiger partial charge in [0.05, 0.1) is 17.9 Å². The van der Waals surface area contributed by atoms with Crippen LogP contribution in [-0.2, 0) is 16.0 Å². The summed E-state index contributed by atoms with van der Waals surface area (Å²) < 4.78 is 69.6. The second-order valence-electron chi connectivity index (χ2n) is 21.9. The van der Waals surface area contributed by atoms with Gasteiger partial charge in [0.1, 0.15) is 40.2 Å². The second-order valence-corrected chi connectivity index (χ2v) is 21.9. The van der Waals surface area contributed by atoms with E-state index in [0.29, 0.717) is 89.1 Å². The number of benzene rings is 3.